The first-order valence-corrected chi connectivity index (χ1v) is 12.0. The molecule has 2 aliphatic heterocycles. The molecule has 0 unspecified atom stereocenters. The predicted octanol–water partition coefficient (Wildman–Crippen LogP) is 3.61. The van der Waals surface area contributed by atoms with Crippen molar-refractivity contribution >= 4 is 32.7 Å². The highest BCUT2D eigenvalue weighted by molar-refractivity contribution is 7.22. The molecule has 0 bridgehead atoms. The molecule has 0 saturated carbocycles. The van der Waals surface area contributed by atoms with E-state index in [4.69, 9.17) is 14.8 Å². The molecule has 0 radical (unpaired) electrons. The summed E-state index contributed by atoms with van der Waals surface area (Å²) in [5, 5.41) is 8.80. The second kappa shape index (κ2) is 8.59. The van der Waals surface area contributed by atoms with Gasteiger partial charge in [0.2, 0.25) is 5.91 Å². The highest BCUT2D eigenvalue weighted by Gasteiger charge is 2.29. The third-order valence-electron chi connectivity index (χ3n) is 6.25. The second-order valence-corrected chi connectivity index (χ2v) is 9.62. The fourth-order valence-electron chi connectivity index (χ4n) is 4.45. The molecule has 31 heavy (non-hydrogen) atoms. The van der Waals surface area contributed by atoms with Gasteiger partial charge in [-0.3, -0.25) is 4.79 Å². The van der Waals surface area contributed by atoms with E-state index in [0.717, 1.165) is 65.7 Å². The van der Waals surface area contributed by atoms with Crippen LogP contribution in [0.1, 0.15) is 36.9 Å². The topological polar surface area (TPSA) is 72.3 Å². The summed E-state index contributed by atoms with van der Waals surface area (Å²) in [6.45, 7) is 7.20. The van der Waals surface area contributed by atoms with Crippen LogP contribution in [0.2, 0.25) is 0 Å². The van der Waals surface area contributed by atoms with Gasteiger partial charge in [-0.25, -0.2) is 4.68 Å². The Hall–Kier alpha value is -2.45. The Morgan fingerprint density at radius 1 is 1.23 bits per heavy atom. The van der Waals surface area contributed by atoms with Crippen LogP contribution in [0.15, 0.2) is 24.3 Å². The van der Waals surface area contributed by atoms with Crippen molar-refractivity contribution in [1.29, 1.82) is 0 Å². The number of piperidine rings is 1. The maximum atomic E-state index is 12.8. The smallest absolute Gasteiger partial charge is 0.224 e. The van der Waals surface area contributed by atoms with Crippen molar-refractivity contribution in [3.8, 4) is 5.69 Å². The molecule has 7 nitrogen and oxygen atoms in total. The lowest BCUT2D eigenvalue weighted by Gasteiger charge is -2.31. The summed E-state index contributed by atoms with van der Waals surface area (Å²) < 4.78 is 8.67. The van der Waals surface area contributed by atoms with Crippen molar-refractivity contribution < 1.29 is 9.53 Å². The summed E-state index contributed by atoms with van der Waals surface area (Å²) in [6, 6.07) is 8.34. The zero-order valence-electron chi connectivity index (χ0n) is 18.1. The minimum Gasteiger partial charge on any atom is -0.376 e. The number of hydrogen-bond donors (Lipinski definition) is 1. The molecule has 3 aromatic rings. The first-order chi connectivity index (χ1) is 15.1. The highest BCUT2D eigenvalue weighted by atomic mass is 32.1. The quantitative estimate of drug-likeness (QED) is 0.658. The van der Waals surface area contributed by atoms with Gasteiger partial charge in [0, 0.05) is 26.2 Å². The number of fused-ring (bicyclic) bond motifs is 1. The number of ether oxygens (including phenoxy) is 1. The molecule has 2 atom stereocenters. The van der Waals surface area contributed by atoms with E-state index in [0.29, 0.717) is 13.1 Å². The number of aryl methyl sites for hydroxylation is 2. The van der Waals surface area contributed by atoms with Crippen LogP contribution in [0.4, 0.5) is 5.13 Å². The lowest BCUT2D eigenvalue weighted by Crippen LogP contribution is -2.44. The number of rotatable bonds is 5. The van der Waals surface area contributed by atoms with Crippen LogP contribution in [0.25, 0.3) is 16.0 Å². The van der Waals surface area contributed by atoms with Gasteiger partial charge in [-0.15, -0.1) is 0 Å². The van der Waals surface area contributed by atoms with Crippen LogP contribution in [-0.2, 0) is 9.53 Å². The zero-order chi connectivity index (χ0) is 21.4. The van der Waals surface area contributed by atoms with Gasteiger partial charge in [-0.1, -0.05) is 29.0 Å². The fraction of sp³-hybridized carbons (Fsp3) is 0.522. The average molecular weight is 440 g/mol. The van der Waals surface area contributed by atoms with Gasteiger partial charge < -0.3 is 15.0 Å². The van der Waals surface area contributed by atoms with E-state index in [2.05, 4.69) is 41.4 Å². The number of thiazole rings is 1. The summed E-state index contributed by atoms with van der Waals surface area (Å²) >= 11 is 1.68. The third-order valence-corrected chi connectivity index (χ3v) is 7.46. The Morgan fingerprint density at radius 2 is 2.06 bits per heavy atom. The van der Waals surface area contributed by atoms with E-state index in [1.165, 1.54) is 5.56 Å². The van der Waals surface area contributed by atoms with Gasteiger partial charge in [-0.2, -0.15) is 10.1 Å². The molecule has 0 spiro atoms. The van der Waals surface area contributed by atoms with E-state index in [-0.39, 0.29) is 17.9 Å². The molecule has 2 fully saturated rings. The molecular weight excluding hydrogens is 410 g/mol. The van der Waals surface area contributed by atoms with Crippen LogP contribution in [-0.4, -0.2) is 53.0 Å². The lowest BCUT2D eigenvalue weighted by molar-refractivity contribution is -0.125. The van der Waals surface area contributed by atoms with Gasteiger partial charge in [0.25, 0.3) is 0 Å². The number of carbonyl (C=O) groups is 1. The first kappa shape index (κ1) is 20.5. The van der Waals surface area contributed by atoms with E-state index >= 15 is 0 Å². The highest BCUT2D eigenvalue weighted by Crippen LogP contribution is 2.34. The SMILES string of the molecule is Cc1ccc(-n2nc(C)c3sc(N4CCC[C@H](C(=O)NC[C@H]5CCCO5)C4)nc32)cc1. The number of benzene rings is 1. The summed E-state index contributed by atoms with van der Waals surface area (Å²) in [7, 11) is 0. The molecule has 2 saturated heterocycles. The van der Waals surface area contributed by atoms with Gasteiger partial charge >= 0.3 is 0 Å². The average Bonchev–Trinajstić information content (AvgIpc) is 3.52. The first-order valence-electron chi connectivity index (χ1n) is 11.2. The van der Waals surface area contributed by atoms with Gasteiger partial charge in [-0.05, 0) is 51.7 Å². The van der Waals surface area contributed by atoms with Gasteiger partial charge in [0.1, 0.15) is 0 Å². The molecule has 164 valence electrons. The van der Waals surface area contributed by atoms with Crippen molar-refractivity contribution in [2.75, 3.05) is 31.1 Å². The van der Waals surface area contributed by atoms with E-state index < -0.39 is 0 Å². The van der Waals surface area contributed by atoms with Crippen molar-refractivity contribution in [1.82, 2.24) is 20.1 Å². The van der Waals surface area contributed by atoms with Crippen LogP contribution in [0.3, 0.4) is 0 Å². The fourth-order valence-corrected chi connectivity index (χ4v) is 5.47. The zero-order valence-corrected chi connectivity index (χ0v) is 19.0. The van der Waals surface area contributed by atoms with E-state index in [1.807, 2.05) is 11.6 Å². The summed E-state index contributed by atoms with van der Waals surface area (Å²) in [5.74, 6) is 0.139. The molecule has 0 aliphatic carbocycles. The van der Waals surface area contributed by atoms with Crippen molar-refractivity contribution in [3.05, 3.63) is 35.5 Å². The van der Waals surface area contributed by atoms with E-state index in [9.17, 15) is 4.79 Å². The molecule has 1 amide bonds. The number of anilines is 1. The molecule has 4 heterocycles. The Kier molecular flexibility index (Phi) is 5.67. The maximum absolute atomic E-state index is 12.8. The molecule has 1 aromatic carbocycles. The second-order valence-electron chi connectivity index (χ2n) is 8.65. The summed E-state index contributed by atoms with van der Waals surface area (Å²) in [6.07, 6.45) is 4.24. The number of carbonyl (C=O) groups excluding carboxylic acids is 1. The van der Waals surface area contributed by atoms with Crippen LogP contribution in [0, 0.1) is 19.8 Å². The molecule has 2 aliphatic rings. The standard InChI is InChI=1S/C23H29N5O2S/c1-15-7-9-18(10-8-15)28-21-20(16(2)26-28)31-23(25-21)27-11-3-5-17(14-27)22(29)24-13-19-6-4-12-30-19/h7-10,17,19H,3-6,11-14H2,1-2H3,(H,24,29)/t17-,19+/m0/s1. The molecular formula is C23H29N5O2S. The van der Waals surface area contributed by atoms with Gasteiger partial charge in [0.05, 0.1) is 28.1 Å². The Balaban J connectivity index is 1.32. The minimum absolute atomic E-state index is 0.00291. The van der Waals surface area contributed by atoms with Crippen molar-refractivity contribution in [2.24, 2.45) is 5.92 Å². The van der Waals surface area contributed by atoms with Crippen LogP contribution < -0.4 is 10.2 Å². The minimum atomic E-state index is -0.00291. The van der Waals surface area contributed by atoms with Crippen molar-refractivity contribution in [2.45, 2.75) is 45.6 Å². The number of amides is 1. The Labute approximate surface area is 186 Å². The van der Waals surface area contributed by atoms with E-state index in [1.54, 1.807) is 11.3 Å². The third kappa shape index (κ3) is 4.19. The van der Waals surface area contributed by atoms with Gasteiger partial charge in [0.15, 0.2) is 10.8 Å². The van der Waals surface area contributed by atoms with Crippen LogP contribution >= 0.6 is 11.3 Å². The maximum Gasteiger partial charge on any atom is 0.224 e. The predicted molar refractivity (Wildman–Crippen MR) is 123 cm³/mol. The monoisotopic (exact) mass is 439 g/mol. The summed E-state index contributed by atoms with van der Waals surface area (Å²) in [4.78, 5) is 20.0. The molecule has 8 heteroatoms. The number of aromatic nitrogens is 3. The molecule has 1 N–H and O–H groups in total. The number of nitrogens with zero attached hydrogens (tertiary/aromatic N) is 4. The molecule has 5 rings (SSSR count). The largest absolute Gasteiger partial charge is 0.376 e. The van der Waals surface area contributed by atoms with Crippen LogP contribution in [0.5, 0.6) is 0 Å². The molecule has 2 aromatic heterocycles. The van der Waals surface area contributed by atoms with Crippen molar-refractivity contribution in [3.63, 3.8) is 0 Å². The summed E-state index contributed by atoms with van der Waals surface area (Å²) in [5.41, 5.74) is 4.12. The lowest BCUT2D eigenvalue weighted by atomic mass is 9.97. The normalized spacial score (nSPS) is 21.7. The number of hydrogen-bond acceptors (Lipinski definition) is 6. The Bertz CT molecular complexity index is 1070. The number of nitrogens with one attached hydrogen (secondary N) is 1. The Morgan fingerprint density at radius 3 is 2.84 bits per heavy atom.